The van der Waals surface area contributed by atoms with Gasteiger partial charge in [0, 0.05) is 11.8 Å². The lowest BCUT2D eigenvalue weighted by atomic mass is 9.55. The lowest BCUT2D eigenvalue weighted by Gasteiger charge is -2.51. The van der Waals surface area contributed by atoms with E-state index in [0.29, 0.717) is 24.0 Å². The van der Waals surface area contributed by atoms with Crippen LogP contribution < -0.4 is 0 Å². The van der Waals surface area contributed by atoms with E-state index in [1.54, 1.807) is 5.57 Å². The highest BCUT2D eigenvalue weighted by molar-refractivity contribution is 14.1. The van der Waals surface area contributed by atoms with Crippen molar-refractivity contribution >= 4 is 28.4 Å². The molecule has 4 rings (SSSR count). The molecule has 124 valence electrons. The van der Waals surface area contributed by atoms with Gasteiger partial charge in [0.2, 0.25) is 0 Å². The normalized spacial score (nSPS) is 43.3. The molecule has 0 unspecified atom stereocenters. The Kier molecular flexibility index (Phi) is 3.88. The highest BCUT2D eigenvalue weighted by Crippen LogP contribution is 2.63. The van der Waals surface area contributed by atoms with Gasteiger partial charge in [-0.25, -0.2) is 0 Å². The summed E-state index contributed by atoms with van der Waals surface area (Å²) in [6, 6.07) is 0. The first-order chi connectivity index (χ1) is 11.0. The Balaban J connectivity index is 1.73. The summed E-state index contributed by atoms with van der Waals surface area (Å²) in [6.07, 6.45) is 12.0. The van der Waals surface area contributed by atoms with Crippen molar-refractivity contribution in [1.29, 1.82) is 0 Å². The maximum Gasteiger partial charge on any atom is 0.156 e. The Hall–Kier alpha value is -0.420. The maximum atomic E-state index is 11.7. The van der Waals surface area contributed by atoms with Crippen LogP contribution in [0.5, 0.6) is 0 Å². The molecule has 3 heteroatoms. The van der Waals surface area contributed by atoms with Crippen molar-refractivity contribution in [3.8, 4) is 0 Å². The third-order valence-electron chi connectivity index (χ3n) is 7.29. The van der Waals surface area contributed by atoms with Gasteiger partial charge in [-0.1, -0.05) is 35.1 Å². The van der Waals surface area contributed by atoms with Crippen LogP contribution in [0.15, 0.2) is 33.0 Å². The van der Waals surface area contributed by atoms with Crippen LogP contribution in [0.4, 0.5) is 0 Å². The molecule has 0 aromatic rings. The molecule has 0 aliphatic heterocycles. The Morgan fingerprint density at radius 3 is 2.83 bits per heavy atom. The lowest BCUT2D eigenvalue weighted by Crippen LogP contribution is -2.48. The Bertz CT molecular complexity index is 644. The zero-order valence-electron chi connectivity index (χ0n) is 13.8. The zero-order chi connectivity index (χ0) is 16.2. The molecule has 2 saturated carbocycles. The third kappa shape index (κ3) is 2.25. The van der Waals surface area contributed by atoms with Crippen molar-refractivity contribution in [3.05, 3.63) is 33.0 Å². The SMILES string of the molecule is C[C@]12CCC3=C4CCC(=O)C=C4CC[C@H]3[C@@H]1CC[C@@]2(O)/C=C\I. The molecule has 23 heavy (non-hydrogen) atoms. The van der Waals surface area contributed by atoms with Crippen LogP contribution in [0, 0.1) is 17.3 Å². The molecule has 0 heterocycles. The van der Waals surface area contributed by atoms with Gasteiger partial charge in [-0.15, -0.1) is 0 Å². The predicted molar refractivity (Wildman–Crippen MR) is 100 cm³/mol. The summed E-state index contributed by atoms with van der Waals surface area (Å²) in [5.41, 5.74) is 3.86. The third-order valence-corrected chi connectivity index (χ3v) is 7.65. The molecular weight excluding hydrogens is 399 g/mol. The average molecular weight is 424 g/mol. The minimum absolute atomic E-state index is 0.00903. The molecule has 0 amide bonds. The van der Waals surface area contributed by atoms with Crippen LogP contribution in [0.2, 0.25) is 0 Å². The zero-order valence-corrected chi connectivity index (χ0v) is 15.9. The van der Waals surface area contributed by atoms with Crippen LogP contribution in [-0.2, 0) is 4.79 Å². The van der Waals surface area contributed by atoms with E-state index in [2.05, 4.69) is 29.5 Å². The van der Waals surface area contributed by atoms with Crippen LogP contribution >= 0.6 is 22.6 Å². The minimum atomic E-state index is -0.631. The van der Waals surface area contributed by atoms with Crippen molar-refractivity contribution in [3.63, 3.8) is 0 Å². The summed E-state index contributed by atoms with van der Waals surface area (Å²) in [5, 5.41) is 11.2. The molecule has 0 aromatic heterocycles. The van der Waals surface area contributed by atoms with Crippen molar-refractivity contribution in [2.75, 3.05) is 0 Å². The maximum absolute atomic E-state index is 11.7. The number of fused-ring (bicyclic) bond motifs is 4. The summed E-state index contributed by atoms with van der Waals surface area (Å²) < 4.78 is 1.99. The summed E-state index contributed by atoms with van der Waals surface area (Å²) >= 11 is 2.23. The van der Waals surface area contributed by atoms with Gasteiger partial charge in [0.1, 0.15) is 0 Å². The number of halogens is 1. The number of ketones is 1. The van der Waals surface area contributed by atoms with E-state index in [-0.39, 0.29) is 5.41 Å². The number of aliphatic hydroxyl groups is 1. The van der Waals surface area contributed by atoms with Crippen LogP contribution in [0.25, 0.3) is 0 Å². The van der Waals surface area contributed by atoms with Crippen molar-refractivity contribution < 1.29 is 9.90 Å². The Labute approximate surface area is 152 Å². The Morgan fingerprint density at radius 2 is 2.04 bits per heavy atom. The second-order valence-electron chi connectivity index (χ2n) is 8.06. The Morgan fingerprint density at radius 1 is 1.22 bits per heavy atom. The van der Waals surface area contributed by atoms with Crippen molar-refractivity contribution in [2.24, 2.45) is 17.3 Å². The van der Waals surface area contributed by atoms with E-state index in [1.807, 2.05) is 16.2 Å². The molecule has 2 nitrogen and oxygen atoms in total. The number of hydrogen-bond donors (Lipinski definition) is 1. The molecule has 4 aliphatic rings. The smallest absolute Gasteiger partial charge is 0.156 e. The molecule has 0 bridgehead atoms. The minimum Gasteiger partial charge on any atom is -0.385 e. The van der Waals surface area contributed by atoms with Crippen LogP contribution in [-0.4, -0.2) is 16.5 Å². The average Bonchev–Trinajstić information content (AvgIpc) is 2.79. The lowest BCUT2D eigenvalue weighted by molar-refractivity contribution is -0.114. The van der Waals surface area contributed by atoms with Crippen molar-refractivity contribution in [1.82, 2.24) is 0 Å². The van der Waals surface area contributed by atoms with Crippen LogP contribution in [0.1, 0.15) is 58.3 Å². The molecule has 2 fully saturated rings. The fourth-order valence-corrected chi connectivity index (χ4v) is 6.56. The number of hydrogen-bond acceptors (Lipinski definition) is 2. The quantitative estimate of drug-likeness (QED) is 0.610. The van der Waals surface area contributed by atoms with Gasteiger partial charge in [-0.3, -0.25) is 4.79 Å². The molecule has 4 atom stereocenters. The standard InChI is InChI=1S/C20H25IO2/c1-19-8-6-16-15-5-3-14(22)12-13(15)2-4-17(16)18(19)7-9-20(19,23)10-11-21/h10-12,17-18,23H,2-9H2,1H3/b11-10-/t17-,18+,19+,20-/m1/s1. The van der Waals surface area contributed by atoms with Gasteiger partial charge in [-0.2, -0.15) is 0 Å². The first-order valence-corrected chi connectivity index (χ1v) is 10.2. The van der Waals surface area contributed by atoms with Gasteiger partial charge in [0.15, 0.2) is 5.78 Å². The topological polar surface area (TPSA) is 37.3 Å². The number of carbonyl (C=O) groups excluding carboxylic acids is 1. The van der Waals surface area contributed by atoms with Gasteiger partial charge < -0.3 is 5.11 Å². The molecular formula is C20H25IO2. The van der Waals surface area contributed by atoms with Gasteiger partial charge in [-0.05, 0) is 84.2 Å². The van der Waals surface area contributed by atoms with Crippen molar-refractivity contribution in [2.45, 2.75) is 63.9 Å². The van der Waals surface area contributed by atoms with E-state index in [4.69, 9.17) is 0 Å². The molecule has 4 aliphatic carbocycles. The monoisotopic (exact) mass is 424 g/mol. The summed E-state index contributed by atoms with van der Waals surface area (Å²) in [6.45, 7) is 2.32. The first kappa shape index (κ1) is 16.1. The second kappa shape index (κ2) is 5.55. The highest BCUT2D eigenvalue weighted by atomic mass is 127. The number of allylic oxidation sites excluding steroid dienone is 4. The fraction of sp³-hybridized carbons (Fsp3) is 0.650. The number of carbonyl (C=O) groups is 1. The van der Waals surface area contributed by atoms with E-state index in [9.17, 15) is 9.90 Å². The summed E-state index contributed by atoms with van der Waals surface area (Å²) in [4.78, 5) is 11.7. The van der Waals surface area contributed by atoms with Gasteiger partial charge in [0.05, 0.1) is 5.60 Å². The highest BCUT2D eigenvalue weighted by Gasteiger charge is 2.59. The predicted octanol–water partition coefficient (Wildman–Crippen LogP) is 4.87. The summed E-state index contributed by atoms with van der Waals surface area (Å²) in [5.74, 6) is 1.53. The van der Waals surface area contributed by atoms with Gasteiger partial charge in [0.25, 0.3) is 0 Å². The van der Waals surface area contributed by atoms with E-state index < -0.39 is 5.60 Å². The molecule has 1 N–H and O–H groups in total. The second-order valence-corrected chi connectivity index (χ2v) is 8.78. The first-order valence-electron chi connectivity index (χ1n) is 8.94. The van der Waals surface area contributed by atoms with E-state index in [0.717, 1.165) is 38.5 Å². The van der Waals surface area contributed by atoms with Crippen LogP contribution in [0.3, 0.4) is 0 Å². The molecule has 0 aromatic carbocycles. The molecule has 0 radical (unpaired) electrons. The van der Waals surface area contributed by atoms with E-state index in [1.165, 1.54) is 17.6 Å². The van der Waals surface area contributed by atoms with E-state index >= 15 is 0 Å². The largest absolute Gasteiger partial charge is 0.385 e. The molecule has 0 spiro atoms. The number of rotatable bonds is 1. The fourth-order valence-electron chi connectivity index (χ4n) is 5.96. The molecule has 0 saturated heterocycles. The van der Waals surface area contributed by atoms with Gasteiger partial charge >= 0.3 is 0 Å². The summed E-state index contributed by atoms with van der Waals surface area (Å²) in [7, 11) is 0.